The van der Waals surface area contributed by atoms with Gasteiger partial charge in [0, 0.05) is 25.1 Å². The predicted octanol–water partition coefficient (Wildman–Crippen LogP) is 2.14. The van der Waals surface area contributed by atoms with Crippen LogP contribution in [0.2, 0.25) is 0 Å². The highest BCUT2D eigenvalue weighted by Crippen LogP contribution is 2.21. The molecule has 0 spiro atoms. The van der Waals surface area contributed by atoms with E-state index >= 15 is 0 Å². The molecule has 0 saturated carbocycles. The third kappa shape index (κ3) is 3.74. The van der Waals surface area contributed by atoms with Gasteiger partial charge >= 0.3 is 0 Å². The number of thioether (sulfide) groups is 1. The summed E-state index contributed by atoms with van der Waals surface area (Å²) in [5.41, 5.74) is 1.02. The molecule has 0 aliphatic rings. The van der Waals surface area contributed by atoms with Crippen molar-refractivity contribution in [3.63, 3.8) is 0 Å². The van der Waals surface area contributed by atoms with Crippen molar-refractivity contribution in [2.45, 2.75) is 5.16 Å². The molecule has 1 amide bonds. The van der Waals surface area contributed by atoms with E-state index in [2.05, 4.69) is 25.5 Å². The van der Waals surface area contributed by atoms with Crippen molar-refractivity contribution in [2.24, 2.45) is 7.05 Å². The molecule has 122 valence electrons. The van der Waals surface area contributed by atoms with Crippen molar-refractivity contribution in [3.05, 3.63) is 48.7 Å². The molecule has 0 fully saturated rings. The fourth-order valence-corrected chi connectivity index (χ4v) is 2.68. The molecule has 0 atom stereocenters. The lowest BCUT2D eigenvalue weighted by molar-refractivity contribution is -0.113. The average molecular weight is 344 g/mol. The number of hydrogen-bond acceptors (Lipinski definition) is 6. The van der Waals surface area contributed by atoms with Gasteiger partial charge in [-0.05, 0) is 18.2 Å². The molecule has 0 aliphatic heterocycles. The number of amides is 1. The van der Waals surface area contributed by atoms with Gasteiger partial charge in [-0.1, -0.05) is 17.8 Å². The first-order valence-corrected chi connectivity index (χ1v) is 7.96. The molecule has 1 aromatic carbocycles. The zero-order valence-electron chi connectivity index (χ0n) is 12.7. The van der Waals surface area contributed by atoms with Crippen LogP contribution in [0.4, 0.5) is 10.1 Å². The Morgan fingerprint density at radius 2 is 2.21 bits per heavy atom. The maximum absolute atomic E-state index is 13.1. The van der Waals surface area contributed by atoms with Gasteiger partial charge in [0.2, 0.25) is 5.91 Å². The molecule has 0 unspecified atom stereocenters. The monoisotopic (exact) mass is 344 g/mol. The van der Waals surface area contributed by atoms with Crippen LogP contribution in [-0.2, 0) is 11.8 Å². The van der Waals surface area contributed by atoms with Crippen LogP contribution in [0.5, 0.6) is 0 Å². The number of nitrogens with zero attached hydrogens (tertiary/aromatic N) is 5. The first kappa shape index (κ1) is 16.1. The number of benzene rings is 1. The Hall–Kier alpha value is -2.81. The van der Waals surface area contributed by atoms with E-state index in [1.54, 1.807) is 36.3 Å². The van der Waals surface area contributed by atoms with E-state index in [-0.39, 0.29) is 11.7 Å². The predicted molar refractivity (Wildman–Crippen MR) is 87.8 cm³/mol. The number of anilines is 1. The third-order valence-electron chi connectivity index (χ3n) is 3.07. The van der Waals surface area contributed by atoms with Gasteiger partial charge in [0.25, 0.3) is 0 Å². The van der Waals surface area contributed by atoms with Crippen LogP contribution in [0.25, 0.3) is 11.5 Å². The van der Waals surface area contributed by atoms with E-state index in [9.17, 15) is 9.18 Å². The largest absolute Gasteiger partial charge is 0.325 e. The summed E-state index contributed by atoms with van der Waals surface area (Å²) in [5, 5.41) is 11.3. The molecule has 0 bridgehead atoms. The second-order valence-electron chi connectivity index (χ2n) is 4.80. The molecule has 1 N–H and O–H groups in total. The summed E-state index contributed by atoms with van der Waals surface area (Å²) in [6, 6.07) is 5.74. The molecule has 24 heavy (non-hydrogen) atoms. The fourth-order valence-electron chi connectivity index (χ4n) is 1.97. The number of aromatic nitrogens is 5. The number of carbonyl (C=O) groups excluding carboxylic acids is 1. The van der Waals surface area contributed by atoms with Crippen molar-refractivity contribution in [1.29, 1.82) is 0 Å². The summed E-state index contributed by atoms with van der Waals surface area (Å²) < 4.78 is 14.8. The number of carbonyl (C=O) groups is 1. The summed E-state index contributed by atoms with van der Waals surface area (Å²) in [6.45, 7) is 0. The van der Waals surface area contributed by atoms with Gasteiger partial charge in [0.05, 0.1) is 11.9 Å². The zero-order valence-corrected chi connectivity index (χ0v) is 13.5. The first-order valence-electron chi connectivity index (χ1n) is 6.97. The van der Waals surface area contributed by atoms with Crippen LogP contribution in [0.1, 0.15) is 0 Å². The lowest BCUT2D eigenvalue weighted by Crippen LogP contribution is -2.14. The molecule has 0 aliphatic carbocycles. The Labute approximate surface area is 141 Å². The van der Waals surface area contributed by atoms with Crippen LogP contribution >= 0.6 is 11.8 Å². The van der Waals surface area contributed by atoms with Gasteiger partial charge in [-0.2, -0.15) is 0 Å². The normalized spacial score (nSPS) is 10.6. The zero-order chi connectivity index (χ0) is 16.9. The minimum atomic E-state index is -0.401. The fraction of sp³-hybridized carbons (Fsp3) is 0.133. The molecule has 3 rings (SSSR count). The molecule has 7 nitrogen and oxygen atoms in total. The Kier molecular flexibility index (Phi) is 4.80. The Bertz CT molecular complexity index is 854. The second kappa shape index (κ2) is 7.18. The SMILES string of the molecule is Cn1c(SCC(=O)Nc2cccc(F)c2)nnc1-c1cnccn1. The van der Waals surface area contributed by atoms with E-state index in [0.29, 0.717) is 22.4 Å². The standard InChI is InChI=1S/C15H13FN6OS/c1-22-14(12-8-17-5-6-18-12)20-21-15(22)24-9-13(23)19-11-4-2-3-10(16)7-11/h2-8H,9H2,1H3,(H,19,23). The lowest BCUT2D eigenvalue weighted by Gasteiger charge is -2.05. The van der Waals surface area contributed by atoms with Crippen LogP contribution < -0.4 is 5.32 Å². The molecule has 9 heteroatoms. The Morgan fingerprint density at radius 3 is 2.96 bits per heavy atom. The minimum Gasteiger partial charge on any atom is -0.325 e. The highest BCUT2D eigenvalue weighted by Gasteiger charge is 2.14. The van der Waals surface area contributed by atoms with Gasteiger partial charge in [0.15, 0.2) is 11.0 Å². The Balaban J connectivity index is 1.63. The maximum atomic E-state index is 13.1. The van der Waals surface area contributed by atoms with Crippen molar-refractivity contribution >= 4 is 23.4 Å². The number of hydrogen-bond donors (Lipinski definition) is 1. The number of nitrogens with one attached hydrogen (secondary N) is 1. The molecule has 2 heterocycles. The molecular weight excluding hydrogens is 331 g/mol. The maximum Gasteiger partial charge on any atom is 0.234 e. The first-order chi connectivity index (χ1) is 11.6. The highest BCUT2D eigenvalue weighted by atomic mass is 32.2. The van der Waals surface area contributed by atoms with E-state index in [1.807, 2.05) is 0 Å². The summed E-state index contributed by atoms with van der Waals surface area (Å²) >= 11 is 1.23. The van der Waals surface area contributed by atoms with Crippen molar-refractivity contribution in [2.75, 3.05) is 11.1 Å². The Morgan fingerprint density at radius 1 is 1.33 bits per heavy atom. The van der Waals surface area contributed by atoms with Gasteiger partial charge < -0.3 is 9.88 Å². The van der Waals surface area contributed by atoms with E-state index < -0.39 is 5.82 Å². The summed E-state index contributed by atoms with van der Waals surface area (Å²) in [7, 11) is 1.79. The summed E-state index contributed by atoms with van der Waals surface area (Å²) in [6.07, 6.45) is 4.74. The van der Waals surface area contributed by atoms with E-state index in [4.69, 9.17) is 0 Å². The van der Waals surface area contributed by atoms with Crippen LogP contribution in [0.15, 0.2) is 48.0 Å². The quantitative estimate of drug-likeness (QED) is 0.714. The number of rotatable bonds is 5. The van der Waals surface area contributed by atoms with E-state index in [0.717, 1.165) is 0 Å². The molecular formula is C15H13FN6OS. The van der Waals surface area contributed by atoms with Crippen LogP contribution in [0.3, 0.4) is 0 Å². The molecule has 2 aromatic heterocycles. The van der Waals surface area contributed by atoms with Crippen LogP contribution in [0, 0.1) is 5.82 Å². The molecule has 3 aromatic rings. The summed E-state index contributed by atoms with van der Waals surface area (Å²) in [4.78, 5) is 20.1. The second-order valence-corrected chi connectivity index (χ2v) is 5.75. The lowest BCUT2D eigenvalue weighted by atomic mass is 10.3. The third-order valence-corrected chi connectivity index (χ3v) is 4.09. The van der Waals surface area contributed by atoms with Gasteiger partial charge in [-0.25, -0.2) is 9.37 Å². The van der Waals surface area contributed by atoms with Crippen molar-refractivity contribution in [1.82, 2.24) is 24.7 Å². The molecule has 0 radical (unpaired) electrons. The molecule has 0 saturated heterocycles. The van der Waals surface area contributed by atoms with E-state index in [1.165, 1.54) is 30.0 Å². The van der Waals surface area contributed by atoms with Gasteiger partial charge in [0.1, 0.15) is 11.5 Å². The van der Waals surface area contributed by atoms with Gasteiger partial charge in [-0.15, -0.1) is 10.2 Å². The van der Waals surface area contributed by atoms with Crippen molar-refractivity contribution < 1.29 is 9.18 Å². The average Bonchev–Trinajstić information content (AvgIpc) is 2.94. The highest BCUT2D eigenvalue weighted by molar-refractivity contribution is 7.99. The topological polar surface area (TPSA) is 85.6 Å². The smallest absolute Gasteiger partial charge is 0.234 e. The van der Waals surface area contributed by atoms with Crippen LogP contribution in [-0.4, -0.2) is 36.4 Å². The minimum absolute atomic E-state index is 0.128. The summed E-state index contributed by atoms with van der Waals surface area (Å²) in [5.74, 6) is 0.0383. The van der Waals surface area contributed by atoms with Gasteiger partial charge in [-0.3, -0.25) is 9.78 Å². The van der Waals surface area contributed by atoms with Crippen molar-refractivity contribution in [3.8, 4) is 11.5 Å². The number of halogens is 1.